The molecule has 12 heteroatoms. The molecule has 1 saturated heterocycles. The fraction of sp³-hybridized carbons (Fsp3) is 0.303. The Morgan fingerprint density at radius 3 is 2.18 bits per heavy atom. The highest BCUT2D eigenvalue weighted by Gasteiger charge is 2.31. The van der Waals surface area contributed by atoms with Gasteiger partial charge in [0.2, 0.25) is 5.90 Å². The molecule has 0 saturated carbocycles. The first-order chi connectivity index (χ1) is 21.2. The zero-order chi connectivity index (χ0) is 32.9. The highest BCUT2D eigenvalue weighted by Crippen LogP contribution is 2.30. The molecule has 2 N–H and O–H groups in total. The summed E-state index contributed by atoms with van der Waals surface area (Å²) in [6.45, 7) is 6.35. The quantitative estimate of drug-likeness (QED) is 0.123. The zero-order valence-corrected chi connectivity index (χ0v) is 25.0. The summed E-state index contributed by atoms with van der Waals surface area (Å²) in [6.07, 6.45) is -0.463. The van der Waals surface area contributed by atoms with Crippen molar-refractivity contribution in [3.8, 4) is 0 Å². The summed E-state index contributed by atoms with van der Waals surface area (Å²) >= 11 is 0. The Bertz CT molecular complexity index is 1670. The van der Waals surface area contributed by atoms with Crippen LogP contribution in [0, 0.1) is 16.6 Å². The predicted molar refractivity (Wildman–Crippen MR) is 162 cm³/mol. The smallest absolute Gasteiger partial charge is 0.416 e. The van der Waals surface area contributed by atoms with Gasteiger partial charge in [-0.05, 0) is 68.3 Å². The number of aromatic nitrogens is 1. The number of hydrogen-bond donors (Lipinski definition) is 2. The van der Waals surface area contributed by atoms with Gasteiger partial charge < -0.3 is 18.9 Å². The van der Waals surface area contributed by atoms with Crippen molar-refractivity contribution in [2.24, 2.45) is 0 Å². The van der Waals surface area contributed by atoms with Gasteiger partial charge in [0.1, 0.15) is 17.2 Å². The van der Waals surface area contributed by atoms with Crippen molar-refractivity contribution in [1.82, 2.24) is 9.47 Å². The van der Waals surface area contributed by atoms with E-state index in [2.05, 4.69) is 0 Å². The summed E-state index contributed by atoms with van der Waals surface area (Å²) in [5, 5.41) is 17.1. The van der Waals surface area contributed by atoms with E-state index in [-0.39, 0.29) is 29.4 Å². The van der Waals surface area contributed by atoms with Gasteiger partial charge >= 0.3 is 6.18 Å². The zero-order valence-electron chi connectivity index (χ0n) is 25.0. The number of ether oxygens (including phenoxy) is 2. The molecule has 1 aromatic heterocycles. The fourth-order valence-electron chi connectivity index (χ4n) is 4.70. The van der Waals surface area contributed by atoms with E-state index < -0.39 is 40.1 Å². The summed E-state index contributed by atoms with van der Waals surface area (Å²) in [4.78, 5) is 15.1. The molecule has 1 aliphatic heterocycles. The van der Waals surface area contributed by atoms with E-state index in [1.54, 1.807) is 18.7 Å². The lowest BCUT2D eigenvalue weighted by Crippen LogP contribution is -2.36. The van der Waals surface area contributed by atoms with E-state index in [0.29, 0.717) is 37.4 Å². The van der Waals surface area contributed by atoms with Crippen LogP contribution in [0.3, 0.4) is 0 Å². The Hall–Kier alpha value is -4.58. The maximum atomic E-state index is 15.1. The molecule has 1 aliphatic rings. The minimum atomic E-state index is -4.52. The summed E-state index contributed by atoms with van der Waals surface area (Å²) < 4.78 is 80.5. The van der Waals surface area contributed by atoms with Crippen molar-refractivity contribution in [1.29, 1.82) is 10.8 Å². The van der Waals surface area contributed by atoms with E-state index in [1.807, 2.05) is 0 Å². The van der Waals surface area contributed by atoms with Crippen LogP contribution in [0.4, 0.5) is 22.0 Å². The Labute approximate surface area is 257 Å². The molecule has 0 amide bonds. The Morgan fingerprint density at radius 2 is 1.60 bits per heavy atom. The molecule has 0 radical (unpaired) electrons. The van der Waals surface area contributed by atoms with Crippen LogP contribution in [0.25, 0.3) is 6.08 Å². The Kier molecular flexibility index (Phi) is 10.1. The Morgan fingerprint density at radius 1 is 1.00 bits per heavy atom. The van der Waals surface area contributed by atoms with E-state index in [1.165, 1.54) is 72.3 Å². The second-order valence-electron chi connectivity index (χ2n) is 11.0. The highest BCUT2D eigenvalue weighted by atomic mass is 19.4. The van der Waals surface area contributed by atoms with Crippen molar-refractivity contribution < 1.29 is 31.4 Å². The van der Waals surface area contributed by atoms with Gasteiger partial charge in [0.15, 0.2) is 11.3 Å². The molecule has 45 heavy (non-hydrogen) atoms. The number of alkyl halides is 3. The molecule has 0 bridgehead atoms. The monoisotopic (exact) mass is 628 g/mol. The van der Waals surface area contributed by atoms with Crippen LogP contribution >= 0.6 is 0 Å². The Balaban J connectivity index is 1.75. The highest BCUT2D eigenvalue weighted by molar-refractivity contribution is 6.01. The van der Waals surface area contributed by atoms with Gasteiger partial charge in [-0.3, -0.25) is 15.6 Å². The summed E-state index contributed by atoms with van der Waals surface area (Å²) in [6, 6.07) is 11.1. The second-order valence-corrected chi connectivity index (χ2v) is 11.0. The van der Waals surface area contributed by atoms with E-state index in [0.717, 1.165) is 12.1 Å². The van der Waals surface area contributed by atoms with Crippen LogP contribution in [-0.4, -0.2) is 47.6 Å². The second kappa shape index (κ2) is 13.6. The summed E-state index contributed by atoms with van der Waals surface area (Å²) in [5.74, 6) is -2.00. The van der Waals surface area contributed by atoms with E-state index >= 15 is 4.39 Å². The molecule has 2 aromatic carbocycles. The largest absolute Gasteiger partial charge is 0.424 e. The normalized spacial score (nSPS) is 14.8. The third kappa shape index (κ3) is 7.93. The molecule has 4 rings (SSSR count). The molecule has 0 unspecified atom stereocenters. The fourth-order valence-corrected chi connectivity index (χ4v) is 4.70. The molecule has 1 fully saturated rings. The average Bonchev–Trinajstić information content (AvgIpc) is 3.00. The molecule has 7 nitrogen and oxygen atoms in total. The maximum Gasteiger partial charge on any atom is 0.416 e. The number of nitrogens with one attached hydrogen (secondary N) is 2. The lowest BCUT2D eigenvalue weighted by Gasteiger charge is -2.30. The van der Waals surface area contributed by atoms with Crippen molar-refractivity contribution in [2.45, 2.75) is 38.9 Å². The van der Waals surface area contributed by atoms with Gasteiger partial charge in [-0.25, -0.2) is 8.78 Å². The average molecular weight is 629 g/mol. The van der Waals surface area contributed by atoms with Gasteiger partial charge in [-0.1, -0.05) is 24.3 Å². The van der Waals surface area contributed by atoms with Crippen molar-refractivity contribution in [3.63, 3.8) is 0 Å². The standard InChI is InChI=1S/C33H33F5N4O3/c1-4-27(35)28(41-13-15-44-16-14-41)17-25-18-29(43)26(20-42(25)19-21-5-7-23(8-6-21)33(36,37)38)30(39)45-31(40)32(2,3)22-9-11-24(34)12-10-22/h4-12,17-18,20,39-40H,13-16,19H2,1-3H3/b27-4+,28-17+,39-30?,40-31?. The minimum absolute atomic E-state index is 0.0309. The van der Waals surface area contributed by atoms with E-state index in [4.69, 9.17) is 20.3 Å². The van der Waals surface area contributed by atoms with Gasteiger partial charge in [0.05, 0.1) is 29.9 Å². The molecule has 0 spiro atoms. The van der Waals surface area contributed by atoms with Crippen molar-refractivity contribution in [2.75, 3.05) is 26.3 Å². The topological polar surface area (TPSA) is 91.4 Å². The lowest BCUT2D eigenvalue weighted by molar-refractivity contribution is -0.137. The lowest BCUT2D eigenvalue weighted by atomic mass is 9.84. The van der Waals surface area contributed by atoms with Gasteiger partial charge in [0.25, 0.3) is 0 Å². The first-order valence-electron chi connectivity index (χ1n) is 14.1. The number of pyridine rings is 1. The number of benzene rings is 2. The summed E-state index contributed by atoms with van der Waals surface area (Å²) in [5.41, 5.74) is -1.36. The van der Waals surface area contributed by atoms with Crippen LogP contribution in [-0.2, 0) is 27.6 Å². The van der Waals surface area contributed by atoms with Crippen LogP contribution in [0.5, 0.6) is 0 Å². The minimum Gasteiger partial charge on any atom is -0.424 e. The molecule has 3 aromatic rings. The SMILES string of the molecule is C/C=C(F)\C(=C/c1cc(=O)c(C(=N)OC(=N)C(C)(C)c2ccc(F)cc2)cn1Cc1ccc(C(F)(F)F)cc1)N1CCOCC1. The predicted octanol–water partition coefficient (Wildman–Crippen LogP) is 6.90. The molecule has 0 atom stereocenters. The first-order valence-corrected chi connectivity index (χ1v) is 14.1. The summed E-state index contributed by atoms with van der Waals surface area (Å²) in [7, 11) is 0. The van der Waals surface area contributed by atoms with Crippen LogP contribution in [0.1, 0.15) is 48.7 Å². The van der Waals surface area contributed by atoms with Crippen LogP contribution in [0.2, 0.25) is 0 Å². The number of morpholine rings is 1. The molecule has 0 aliphatic carbocycles. The maximum absolute atomic E-state index is 15.1. The number of rotatable bonds is 8. The van der Waals surface area contributed by atoms with Gasteiger partial charge in [-0.2, -0.15) is 13.2 Å². The first kappa shape index (κ1) is 33.3. The van der Waals surface area contributed by atoms with Gasteiger partial charge in [0, 0.05) is 37.6 Å². The molecular formula is C33H33F5N4O3. The molecule has 238 valence electrons. The number of nitrogens with zero attached hydrogens (tertiary/aromatic N) is 2. The van der Waals surface area contributed by atoms with Crippen LogP contribution in [0.15, 0.2) is 83.2 Å². The third-order valence-corrected chi connectivity index (χ3v) is 7.51. The molecular weight excluding hydrogens is 595 g/mol. The molecule has 2 heterocycles. The van der Waals surface area contributed by atoms with E-state index in [9.17, 15) is 22.4 Å². The van der Waals surface area contributed by atoms with Gasteiger partial charge in [-0.15, -0.1) is 0 Å². The van der Waals surface area contributed by atoms with Crippen molar-refractivity contribution in [3.05, 3.63) is 122 Å². The van der Waals surface area contributed by atoms with Crippen LogP contribution < -0.4 is 5.43 Å². The number of allylic oxidation sites excluding steroid dienone is 2. The van der Waals surface area contributed by atoms with Crippen molar-refractivity contribution >= 4 is 17.9 Å². The third-order valence-electron chi connectivity index (χ3n) is 7.51. The number of hydrogen-bond acceptors (Lipinski definition) is 6. The number of halogens is 5.